The third kappa shape index (κ3) is 5.80. The number of benzene rings is 9. The molecule has 0 bridgehead atoms. The maximum absolute atomic E-state index is 6.75. The predicted molar refractivity (Wildman–Crippen MR) is 243 cm³/mol. The van der Waals surface area contributed by atoms with Crippen LogP contribution in [0.3, 0.4) is 0 Å². The summed E-state index contributed by atoms with van der Waals surface area (Å²) < 4.78 is 9.34. The van der Waals surface area contributed by atoms with E-state index in [0.29, 0.717) is 0 Å². The second-order valence-corrected chi connectivity index (χ2v) is 15.5. The molecule has 9 aromatic carbocycles. The monoisotopic (exact) mass is 745 g/mol. The van der Waals surface area contributed by atoms with Crippen molar-refractivity contribution in [3.63, 3.8) is 0 Å². The molecule has 0 aliphatic rings. The first-order valence-electron chi connectivity index (χ1n) is 19.3. The Morgan fingerprint density at radius 1 is 0.351 bits per heavy atom. The minimum atomic E-state index is 0.856. The summed E-state index contributed by atoms with van der Waals surface area (Å²) in [6.07, 6.45) is 0. The molecule has 2 heterocycles. The normalized spacial score (nSPS) is 11.5. The molecule has 3 heteroatoms. The van der Waals surface area contributed by atoms with E-state index in [-0.39, 0.29) is 0 Å². The van der Waals surface area contributed by atoms with Crippen molar-refractivity contribution in [3.05, 3.63) is 212 Å². The number of fused-ring (bicyclic) bond motifs is 6. The van der Waals surface area contributed by atoms with Gasteiger partial charge in [-0.05, 0) is 99.1 Å². The summed E-state index contributed by atoms with van der Waals surface area (Å²) in [4.78, 5) is 2.37. The molecule has 11 aromatic rings. The van der Waals surface area contributed by atoms with E-state index in [0.717, 1.165) is 61.3 Å². The highest BCUT2D eigenvalue weighted by molar-refractivity contribution is 7.25. The Morgan fingerprint density at radius 2 is 0.930 bits per heavy atom. The average Bonchev–Trinajstić information content (AvgIpc) is 3.87. The number of nitrogens with zero attached hydrogens (tertiary/aromatic N) is 1. The molecular weight excluding hydrogens is 711 g/mol. The van der Waals surface area contributed by atoms with Crippen molar-refractivity contribution in [2.24, 2.45) is 0 Å². The van der Waals surface area contributed by atoms with Crippen molar-refractivity contribution >= 4 is 70.5 Å². The molecule has 0 atom stereocenters. The Hall–Kier alpha value is -7.20. The van der Waals surface area contributed by atoms with Crippen LogP contribution in [0.4, 0.5) is 17.1 Å². The van der Waals surface area contributed by atoms with Crippen molar-refractivity contribution in [1.29, 1.82) is 0 Å². The highest BCUT2D eigenvalue weighted by atomic mass is 32.1. The van der Waals surface area contributed by atoms with E-state index >= 15 is 0 Å². The lowest BCUT2D eigenvalue weighted by molar-refractivity contribution is 0.669. The molecule has 0 aliphatic heterocycles. The first-order valence-corrected chi connectivity index (χ1v) is 20.1. The molecule has 0 amide bonds. The van der Waals surface area contributed by atoms with Crippen LogP contribution in [0, 0.1) is 0 Å². The number of furan rings is 1. The predicted octanol–water partition coefficient (Wildman–Crippen LogP) is 16.1. The van der Waals surface area contributed by atoms with Crippen LogP contribution in [0.25, 0.3) is 86.6 Å². The van der Waals surface area contributed by atoms with Gasteiger partial charge in [-0.15, -0.1) is 11.3 Å². The van der Waals surface area contributed by atoms with Gasteiger partial charge in [-0.3, -0.25) is 0 Å². The molecule has 268 valence electrons. The smallest absolute Gasteiger partial charge is 0.159 e. The molecule has 11 rings (SSSR count). The van der Waals surface area contributed by atoms with Crippen molar-refractivity contribution in [3.8, 4) is 44.5 Å². The van der Waals surface area contributed by atoms with Gasteiger partial charge in [-0.1, -0.05) is 158 Å². The van der Waals surface area contributed by atoms with E-state index in [1.165, 1.54) is 42.4 Å². The zero-order valence-corrected chi connectivity index (χ0v) is 31.8. The van der Waals surface area contributed by atoms with Gasteiger partial charge in [0.1, 0.15) is 5.58 Å². The lowest BCUT2D eigenvalue weighted by atomic mass is 9.94. The quantitative estimate of drug-likeness (QED) is 0.162. The van der Waals surface area contributed by atoms with Crippen LogP contribution in [-0.2, 0) is 0 Å². The van der Waals surface area contributed by atoms with Gasteiger partial charge in [0.15, 0.2) is 5.58 Å². The molecular formula is C54H35NOS. The molecule has 0 unspecified atom stereocenters. The Balaban J connectivity index is 1.16. The lowest BCUT2D eigenvalue weighted by Crippen LogP contribution is -2.10. The first-order chi connectivity index (χ1) is 28.3. The van der Waals surface area contributed by atoms with E-state index < -0.39 is 0 Å². The number of hydrogen-bond donors (Lipinski definition) is 0. The van der Waals surface area contributed by atoms with Gasteiger partial charge in [0, 0.05) is 42.3 Å². The molecule has 0 spiro atoms. The summed E-state index contributed by atoms with van der Waals surface area (Å²) in [7, 11) is 0. The molecule has 0 saturated carbocycles. The summed E-state index contributed by atoms with van der Waals surface area (Å²) in [5, 5.41) is 4.78. The minimum absolute atomic E-state index is 0.856. The van der Waals surface area contributed by atoms with E-state index in [1.807, 2.05) is 17.4 Å². The summed E-state index contributed by atoms with van der Waals surface area (Å²) in [5.41, 5.74) is 14.3. The fraction of sp³-hybridized carbons (Fsp3) is 0. The third-order valence-corrected chi connectivity index (χ3v) is 12.2. The van der Waals surface area contributed by atoms with Crippen molar-refractivity contribution in [2.75, 3.05) is 4.90 Å². The fourth-order valence-electron chi connectivity index (χ4n) is 8.44. The second kappa shape index (κ2) is 13.8. The van der Waals surface area contributed by atoms with Crippen LogP contribution in [0.1, 0.15) is 0 Å². The maximum atomic E-state index is 6.75. The summed E-state index contributed by atoms with van der Waals surface area (Å²) in [6, 6.07) is 76.4. The van der Waals surface area contributed by atoms with Crippen LogP contribution < -0.4 is 4.90 Å². The van der Waals surface area contributed by atoms with Crippen LogP contribution in [0.5, 0.6) is 0 Å². The minimum Gasteiger partial charge on any atom is -0.454 e. The zero-order chi connectivity index (χ0) is 37.7. The number of anilines is 3. The molecule has 0 fully saturated rings. The van der Waals surface area contributed by atoms with Gasteiger partial charge in [0.25, 0.3) is 0 Å². The Bertz CT molecular complexity index is 3230. The molecule has 0 radical (unpaired) electrons. The summed E-state index contributed by atoms with van der Waals surface area (Å²) in [6.45, 7) is 0. The lowest BCUT2D eigenvalue weighted by Gasteiger charge is -2.27. The van der Waals surface area contributed by atoms with Crippen LogP contribution >= 0.6 is 11.3 Å². The van der Waals surface area contributed by atoms with E-state index in [2.05, 4.69) is 211 Å². The van der Waals surface area contributed by atoms with Gasteiger partial charge >= 0.3 is 0 Å². The second-order valence-electron chi connectivity index (χ2n) is 14.5. The largest absolute Gasteiger partial charge is 0.454 e. The van der Waals surface area contributed by atoms with Crippen molar-refractivity contribution in [2.45, 2.75) is 0 Å². The van der Waals surface area contributed by atoms with Gasteiger partial charge in [-0.2, -0.15) is 0 Å². The topological polar surface area (TPSA) is 16.4 Å². The van der Waals surface area contributed by atoms with Crippen molar-refractivity contribution < 1.29 is 4.42 Å². The molecule has 2 nitrogen and oxygen atoms in total. The van der Waals surface area contributed by atoms with Crippen LogP contribution in [0.15, 0.2) is 217 Å². The maximum Gasteiger partial charge on any atom is 0.159 e. The molecule has 57 heavy (non-hydrogen) atoms. The highest BCUT2D eigenvalue weighted by Gasteiger charge is 2.22. The Morgan fingerprint density at radius 3 is 1.72 bits per heavy atom. The van der Waals surface area contributed by atoms with Gasteiger partial charge in [-0.25, -0.2) is 0 Å². The zero-order valence-electron chi connectivity index (χ0n) is 31.0. The first kappa shape index (κ1) is 33.2. The van der Waals surface area contributed by atoms with Crippen molar-refractivity contribution in [1.82, 2.24) is 0 Å². The number of rotatable bonds is 7. The highest BCUT2D eigenvalue weighted by Crippen LogP contribution is 2.47. The molecule has 0 N–H and O–H groups in total. The fourth-order valence-corrected chi connectivity index (χ4v) is 9.57. The SMILES string of the molecule is c1ccc(-c2cc(-c3cccc4sc5ccccc5c34)cc(N(c3ccc(-c4ccccc4-c4ccccc4)cc3)c3cccc4c3oc3ccccc34)c2)cc1. The molecule has 0 aliphatic carbocycles. The number of para-hydroxylation sites is 2. The third-order valence-electron chi connectivity index (χ3n) is 11.1. The van der Waals surface area contributed by atoms with E-state index in [9.17, 15) is 0 Å². The van der Waals surface area contributed by atoms with Gasteiger partial charge < -0.3 is 9.32 Å². The summed E-state index contributed by atoms with van der Waals surface area (Å²) in [5.74, 6) is 0. The number of thiophene rings is 1. The summed E-state index contributed by atoms with van der Waals surface area (Å²) >= 11 is 1.85. The average molecular weight is 746 g/mol. The Kier molecular flexibility index (Phi) is 8.04. The molecule has 0 saturated heterocycles. The van der Waals surface area contributed by atoms with E-state index in [1.54, 1.807) is 0 Å². The van der Waals surface area contributed by atoms with Crippen LogP contribution in [0.2, 0.25) is 0 Å². The Labute approximate surface area is 335 Å². The number of hydrogen-bond acceptors (Lipinski definition) is 3. The molecule has 2 aromatic heterocycles. The van der Waals surface area contributed by atoms with Gasteiger partial charge in [0.2, 0.25) is 0 Å². The van der Waals surface area contributed by atoms with E-state index in [4.69, 9.17) is 4.42 Å². The standard InChI is InChI=1S/C54H35NOS/c1-3-15-36(16-4-1)39-33-40(45-23-14-28-52-53(45)48-22-10-12-27-51(48)57-52)35-42(34-39)55(49-25-13-24-47-46-21-9-11-26-50(46)56-54(47)49)41-31-29-38(30-32-41)44-20-8-7-19-43(44)37-17-5-2-6-18-37/h1-35H. The van der Waals surface area contributed by atoms with Gasteiger partial charge in [0.05, 0.1) is 5.69 Å². The van der Waals surface area contributed by atoms with Crippen LogP contribution in [-0.4, -0.2) is 0 Å².